The average molecular weight is 316 g/mol. The van der Waals surface area contributed by atoms with Crippen molar-refractivity contribution < 1.29 is 9.53 Å². The molecule has 1 amide bonds. The number of amides is 1. The first-order chi connectivity index (χ1) is 10.9. The number of piperidine rings is 1. The molecule has 0 bridgehead atoms. The number of rotatable bonds is 2. The van der Waals surface area contributed by atoms with Crippen LogP contribution in [0, 0.1) is 5.92 Å². The predicted octanol–water partition coefficient (Wildman–Crippen LogP) is 3.52. The molecule has 23 heavy (non-hydrogen) atoms. The Hall–Kier alpha value is -1.55. The molecular weight excluding hydrogens is 288 g/mol. The molecule has 4 nitrogen and oxygen atoms in total. The number of benzene rings is 1. The number of carbonyl (C=O) groups is 1. The van der Waals surface area contributed by atoms with E-state index in [1.807, 2.05) is 25.7 Å². The summed E-state index contributed by atoms with van der Waals surface area (Å²) in [7, 11) is 0. The number of carbonyl (C=O) groups excluding carboxylic acids is 1. The SMILES string of the molecule is CC(C)(C)OC(=O)N1CC[C@H]2CN(Cc3ccccc3)CC[C@@H]21. The minimum atomic E-state index is -0.414. The van der Waals surface area contributed by atoms with E-state index < -0.39 is 5.60 Å². The van der Waals surface area contributed by atoms with Crippen molar-refractivity contribution in [3.63, 3.8) is 0 Å². The summed E-state index contributed by atoms with van der Waals surface area (Å²) in [6.45, 7) is 9.77. The van der Waals surface area contributed by atoms with Gasteiger partial charge in [-0.2, -0.15) is 0 Å². The Labute approximate surface area is 139 Å². The van der Waals surface area contributed by atoms with Gasteiger partial charge in [0.15, 0.2) is 0 Å². The Kier molecular flexibility index (Phi) is 4.62. The van der Waals surface area contributed by atoms with Crippen molar-refractivity contribution in [3.8, 4) is 0 Å². The summed E-state index contributed by atoms with van der Waals surface area (Å²) in [4.78, 5) is 16.9. The molecule has 2 aliphatic heterocycles. The van der Waals surface area contributed by atoms with E-state index in [1.54, 1.807) is 0 Å². The molecule has 126 valence electrons. The largest absolute Gasteiger partial charge is 0.444 e. The maximum absolute atomic E-state index is 12.4. The van der Waals surface area contributed by atoms with Crippen molar-refractivity contribution in [1.82, 2.24) is 9.80 Å². The first-order valence-electron chi connectivity index (χ1n) is 8.68. The fraction of sp³-hybridized carbons (Fsp3) is 0.632. The van der Waals surface area contributed by atoms with Gasteiger partial charge in [0.1, 0.15) is 5.60 Å². The van der Waals surface area contributed by atoms with E-state index in [2.05, 4.69) is 35.2 Å². The topological polar surface area (TPSA) is 32.8 Å². The maximum atomic E-state index is 12.4. The van der Waals surface area contributed by atoms with Gasteiger partial charge >= 0.3 is 6.09 Å². The normalized spacial score (nSPS) is 25.3. The minimum absolute atomic E-state index is 0.137. The molecule has 0 N–H and O–H groups in total. The molecule has 0 spiro atoms. The van der Waals surface area contributed by atoms with Crippen molar-refractivity contribution in [3.05, 3.63) is 35.9 Å². The molecular formula is C19H28N2O2. The number of fused-ring (bicyclic) bond motifs is 1. The monoisotopic (exact) mass is 316 g/mol. The molecule has 3 rings (SSSR count). The summed E-state index contributed by atoms with van der Waals surface area (Å²) in [6, 6.07) is 11.0. The van der Waals surface area contributed by atoms with Gasteiger partial charge in [0.2, 0.25) is 0 Å². The first kappa shape index (κ1) is 16.3. The summed E-state index contributed by atoms with van der Waals surface area (Å²) in [5, 5.41) is 0. The summed E-state index contributed by atoms with van der Waals surface area (Å²) < 4.78 is 5.57. The van der Waals surface area contributed by atoms with Gasteiger partial charge in [-0.15, -0.1) is 0 Å². The third kappa shape index (κ3) is 4.05. The molecule has 2 aliphatic rings. The van der Waals surface area contributed by atoms with E-state index in [0.29, 0.717) is 12.0 Å². The highest BCUT2D eigenvalue weighted by molar-refractivity contribution is 5.69. The molecule has 0 aromatic heterocycles. The van der Waals surface area contributed by atoms with Crippen molar-refractivity contribution in [2.45, 2.75) is 51.8 Å². The zero-order valence-corrected chi connectivity index (χ0v) is 14.5. The molecule has 1 aromatic rings. The zero-order chi connectivity index (χ0) is 16.4. The van der Waals surface area contributed by atoms with Gasteiger partial charge in [0, 0.05) is 32.2 Å². The Morgan fingerprint density at radius 1 is 1.17 bits per heavy atom. The summed E-state index contributed by atoms with van der Waals surface area (Å²) in [5.74, 6) is 0.583. The highest BCUT2D eigenvalue weighted by Gasteiger charge is 2.41. The zero-order valence-electron chi connectivity index (χ0n) is 14.5. The lowest BCUT2D eigenvalue weighted by molar-refractivity contribution is 0.0139. The lowest BCUT2D eigenvalue weighted by Crippen LogP contribution is -2.48. The highest BCUT2D eigenvalue weighted by atomic mass is 16.6. The van der Waals surface area contributed by atoms with E-state index in [-0.39, 0.29) is 6.09 Å². The number of hydrogen-bond donors (Lipinski definition) is 0. The number of nitrogens with zero attached hydrogens (tertiary/aromatic N) is 2. The Morgan fingerprint density at radius 3 is 2.61 bits per heavy atom. The van der Waals surface area contributed by atoms with Crippen molar-refractivity contribution in [2.75, 3.05) is 19.6 Å². The van der Waals surface area contributed by atoms with Crippen LogP contribution in [0.4, 0.5) is 4.79 Å². The van der Waals surface area contributed by atoms with Crippen LogP contribution in [0.1, 0.15) is 39.2 Å². The van der Waals surface area contributed by atoms with E-state index in [0.717, 1.165) is 39.0 Å². The Bertz CT molecular complexity index is 538. The van der Waals surface area contributed by atoms with Gasteiger partial charge in [-0.25, -0.2) is 4.79 Å². The summed E-state index contributed by atoms with van der Waals surface area (Å²) in [6.07, 6.45) is 2.01. The van der Waals surface area contributed by atoms with Crippen LogP contribution < -0.4 is 0 Å². The van der Waals surface area contributed by atoms with Crippen LogP contribution in [0.15, 0.2) is 30.3 Å². The van der Waals surface area contributed by atoms with Gasteiger partial charge in [0.05, 0.1) is 0 Å². The van der Waals surface area contributed by atoms with Crippen molar-refractivity contribution >= 4 is 6.09 Å². The molecule has 0 radical (unpaired) electrons. The Morgan fingerprint density at radius 2 is 1.91 bits per heavy atom. The van der Waals surface area contributed by atoms with E-state index in [9.17, 15) is 4.79 Å². The minimum Gasteiger partial charge on any atom is -0.444 e. The summed E-state index contributed by atoms with van der Waals surface area (Å²) in [5.41, 5.74) is 0.955. The molecule has 2 heterocycles. The fourth-order valence-corrected chi connectivity index (χ4v) is 3.79. The maximum Gasteiger partial charge on any atom is 0.410 e. The lowest BCUT2D eigenvalue weighted by Gasteiger charge is -2.38. The van der Waals surface area contributed by atoms with Gasteiger partial charge in [-0.05, 0) is 45.1 Å². The first-order valence-corrected chi connectivity index (χ1v) is 8.68. The second kappa shape index (κ2) is 6.52. The molecule has 2 atom stereocenters. The van der Waals surface area contributed by atoms with Crippen LogP contribution in [0.3, 0.4) is 0 Å². The fourth-order valence-electron chi connectivity index (χ4n) is 3.79. The van der Waals surface area contributed by atoms with Gasteiger partial charge < -0.3 is 9.64 Å². The van der Waals surface area contributed by atoms with Crippen LogP contribution in [-0.4, -0.2) is 47.2 Å². The van der Waals surface area contributed by atoms with E-state index >= 15 is 0 Å². The smallest absolute Gasteiger partial charge is 0.410 e. The standard InChI is InChI=1S/C19H28N2O2/c1-19(2,3)23-18(22)21-12-9-16-14-20(11-10-17(16)21)13-15-7-5-4-6-8-15/h4-8,16-17H,9-14H2,1-3H3/t16-,17-/m0/s1. The molecule has 1 aromatic carbocycles. The number of ether oxygens (including phenoxy) is 1. The molecule has 2 fully saturated rings. The third-order valence-corrected chi connectivity index (χ3v) is 4.80. The molecule has 0 aliphatic carbocycles. The van der Waals surface area contributed by atoms with Crippen LogP contribution in [0.2, 0.25) is 0 Å². The van der Waals surface area contributed by atoms with Gasteiger partial charge in [-0.1, -0.05) is 30.3 Å². The highest BCUT2D eigenvalue weighted by Crippen LogP contribution is 2.33. The second-order valence-electron chi connectivity index (χ2n) is 7.80. The van der Waals surface area contributed by atoms with E-state index in [4.69, 9.17) is 4.74 Å². The molecule has 0 saturated carbocycles. The average Bonchev–Trinajstić information content (AvgIpc) is 2.90. The quantitative estimate of drug-likeness (QED) is 0.837. The van der Waals surface area contributed by atoms with Crippen LogP contribution >= 0.6 is 0 Å². The third-order valence-electron chi connectivity index (χ3n) is 4.80. The molecule has 4 heteroatoms. The van der Waals surface area contributed by atoms with E-state index in [1.165, 1.54) is 5.56 Å². The molecule has 0 unspecified atom stereocenters. The van der Waals surface area contributed by atoms with Crippen LogP contribution in [-0.2, 0) is 11.3 Å². The number of likely N-dealkylation sites (tertiary alicyclic amines) is 2. The van der Waals surface area contributed by atoms with Gasteiger partial charge in [-0.3, -0.25) is 4.90 Å². The predicted molar refractivity (Wildman–Crippen MR) is 91.2 cm³/mol. The lowest BCUT2D eigenvalue weighted by atomic mass is 9.92. The summed E-state index contributed by atoms with van der Waals surface area (Å²) >= 11 is 0. The molecule has 2 saturated heterocycles. The van der Waals surface area contributed by atoms with Gasteiger partial charge in [0.25, 0.3) is 0 Å². The van der Waals surface area contributed by atoms with Crippen molar-refractivity contribution in [1.29, 1.82) is 0 Å². The van der Waals surface area contributed by atoms with Crippen LogP contribution in [0.5, 0.6) is 0 Å². The second-order valence-corrected chi connectivity index (χ2v) is 7.80. The van der Waals surface area contributed by atoms with Crippen molar-refractivity contribution in [2.24, 2.45) is 5.92 Å². The number of hydrogen-bond acceptors (Lipinski definition) is 3. The van der Waals surface area contributed by atoms with Crippen LogP contribution in [0.25, 0.3) is 0 Å². The Balaban J connectivity index is 1.57.